The topological polar surface area (TPSA) is 88.0 Å². The van der Waals surface area contributed by atoms with Crippen LogP contribution in [-0.4, -0.2) is 25.8 Å². The van der Waals surface area contributed by atoms with Gasteiger partial charge in [0.25, 0.3) is 0 Å². The number of aromatic amines is 1. The first-order chi connectivity index (χ1) is 11.2. The number of hydrogen-bond acceptors (Lipinski definition) is 3. The monoisotopic (exact) mass is 337 g/mol. The van der Waals surface area contributed by atoms with Crippen LogP contribution in [-0.2, 0) is 6.18 Å². The number of carbonyl (C=O) groups is 1. The summed E-state index contributed by atoms with van der Waals surface area (Å²) in [5.41, 5.74) is -2.16. The van der Waals surface area contributed by atoms with Crippen molar-refractivity contribution in [1.82, 2.24) is 14.8 Å². The summed E-state index contributed by atoms with van der Waals surface area (Å²) >= 11 is 0. The van der Waals surface area contributed by atoms with E-state index >= 15 is 0 Å². The maximum absolute atomic E-state index is 13.2. The zero-order chi connectivity index (χ0) is 17.6. The molecule has 0 atom stereocenters. The van der Waals surface area contributed by atoms with Crippen molar-refractivity contribution >= 4 is 17.0 Å². The Balaban J connectivity index is 2.45. The Kier molecular flexibility index (Phi) is 3.43. The van der Waals surface area contributed by atoms with Crippen molar-refractivity contribution in [2.45, 2.75) is 13.1 Å². The number of nitrogens with zero attached hydrogens (tertiary/aromatic N) is 2. The van der Waals surface area contributed by atoms with E-state index in [0.29, 0.717) is 5.56 Å². The number of rotatable bonds is 2. The Bertz CT molecular complexity index is 1020. The minimum absolute atomic E-state index is 0.0825. The fourth-order valence-corrected chi connectivity index (χ4v) is 2.55. The van der Waals surface area contributed by atoms with E-state index < -0.39 is 29.0 Å². The predicted molar refractivity (Wildman–Crippen MR) is 78.4 cm³/mol. The number of aromatic carboxylic acids is 1. The maximum atomic E-state index is 13.2. The first-order valence-electron chi connectivity index (χ1n) is 6.72. The molecule has 1 aromatic carbocycles. The van der Waals surface area contributed by atoms with E-state index in [2.05, 4.69) is 10.1 Å². The number of aryl methyl sites for hydroxylation is 1. The third-order valence-electron chi connectivity index (χ3n) is 3.51. The third kappa shape index (κ3) is 2.43. The van der Waals surface area contributed by atoms with E-state index in [0.717, 1.165) is 22.9 Å². The summed E-state index contributed by atoms with van der Waals surface area (Å²) in [4.78, 5) is 25.4. The lowest BCUT2D eigenvalue weighted by atomic mass is 10.1. The molecule has 24 heavy (non-hydrogen) atoms. The summed E-state index contributed by atoms with van der Waals surface area (Å²) in [6.45, 7) is 1.49. The molecule has 2 N–H and O–H groups in total. The van der Waals surface area contributed by atoms with E-state index in [1.54, 1.807) is 0 Å². The number of nitrogens with one attached hydrogen (secondary N) is 1. The molecule has 0 amide bonds. The van der Waals surface area contributed by atoms with Crippen LogP contribution in [0, 0.1) is 6.92 Å². The molecule has 0 saturated heterocycles. The first kappa shape index (κ1) is 15.8. The number of fused-ring (bicyclic) bond motifs is 1. The van der Waals surface area contributed by atoms with E-state index in [9.17, 15) is 27.9 Å². The molecule has 0 unspecified atom stereocenters. The summed E-state index contributed by atoms with van der Waals surface area (Å²) in [5, 5.41) is 13.1. The highest BCUT2D eigenvalue weighted by Crippen LogP contribution is 2.35. The van der Waals surface area contributed by atoms with Gasteiger partial charge in [0.15, 0.2) is 5.69 Å². The first-order valence-corrected chi connectivity index (χ1v) is 6.72. The van der Waals surface area contributed by atoms with Gasteiger partial charge in [-0.1, -0.05) is 12.1 Å². The standard InChI is InChI=1S/C15H10F3N3O3/c1-7-6-10(22)19-13-11(7)12(14(23)24)20-21(13)9-5-3-2-4-8(9)15(16,17)18/h2-6H,1H3,(H,19,22)(H,23,24). The highest BCUT2D eigenvalue weighted by Gasteiger charge is 2.35. The number of alkyl halides is 3. The smallest absolute Gasteiger partial charge is 0.418 e. The van der Waals surface area contributed by atoms with Gasteiger partial charge in [-0.3, -0.25) is 4.79 Å². The van der Waals surface area contributed by atoms with Gasteiger partial charge >= 0.3 is 12.1 Å². The van der Waals surface area contributed by atoms with E-state index in [4.69, 9.17) is 0 Å². The number of pyridine rings is 1. The highest BCUT2D eigenvalue weighted by molar-refractivity contribution is 6.01. The zero-order valence-corrected chi connectivity index (χ0v) is 12.2. The normalized spacial score (nSPS) is 11.8. The molecule has 3 rings (SSSR count). The van der Waals surface area contributed by atoms with Crippen molar-refractivity contribution in [3.05, 3.63) is 57.5 Å². The van der Waals surface area contributed by atoms with Crippen LogP contribution in [0.1, 0.15) is 21.6 Å². The Labute approximate surface area is 132 Å². The van der Waals surface area contributed by atoms with Crippen LogP contribution in [0.5, 0.6) is 0 Å². The highest BCUT2D eigenvalue weighted by atomic mass is 19.4. The second kappa shape index (κ2) is 5.22. The van der Waals surface area contributed by atoms with Crippen molar-refractivity contribution < 1.29 is 23.1 Å². The van der Waals surface area contributed by atoms with Gasteiger partial charge < -0.3 is 10.1 Å². The van der Waals surface area contributed by atoms with Gasteiger partial charge in [-0.05, 0) is 24.6 Å². The molecule has 0 bridgehead atoms. The molecule has 0 radical (unpaired) electrons. The summed E-state index contributed by atoms with van der Waals surface area (Å²) in [6.07, 6.45) is -4.66. The third-order valence-corrected chi connectivity index (χ3v) is 3.51. The van der Waals surface area contributed by atoms with Crippen molar-refractivity contribution in [3.63, 3.8) is 0 Å². The van der Waals surface area contributed by atoms with Crippen molar-refractivity contribution in [2.75, 3.05) is 0 Å². The minimum atomic E-state index is -4.66. The van der Waals surface area contributed by atoms with Gasteiger partial charge in [0.05, 0.1) is 16.6 Å². The summed E-state index contributed by atoms with van der Waals surface area (Å²) in [6, 6.07) is 5.76. The van der Waals surface area contributed by atoms with Crippen LogP contribution >= 0.6 is 0 Å². The molecule has 0 fully saturated rings. The van der Waals surface area contributed by atoms with Crippen molar-refractivity contribution in [2.24, 2.45) is 0 Å². The van der Waals surface area contributed by atoms with Gasteiger partial charge in [0.1, 0.15) is 5.65 Å². The van der Waals surface area contributed by atoms with Gasteiger partial charge in [0.2, 0.25) is 5.56 Å². The molecule has 0 saturated carbocycles. The number of carboxylic acids is 1. The molecular formula is C15H10F3N3O3. The van der Waals surface area contributed by atoms with Crippen LogP contribution in [0.25, 0.3) is 16.7 Å². The Morgan fingerprint density at radius 2 is 1.96 bits per heavy atom. The fourth-order valence-electron chi connectivity index (χ4n) is 2.55. The number of para-hydroxylation sites is 1. The summed E-state index contributed by atoms with van der Waals surface area (Å²) in [5.74, 6) is -1.40. The van der Waals surface area contributed by atoms with Gasteiger partial charge in [-0.25, -0.2) is 9.48 Å². The number of benzene rings is 1. The molecule has 2 heterocycles. The lowest BCUT2D eigenvalue weighted by Gasteiger charge is -2.13. The van der Waals surface area contributed by atoms with Crippen LogP contribution in [0.2, 0.25) is 0 Å². The lowest BCUT2D eigenvalue weighted by Crippen LogP contribution is -2.13. The quantitative estimate of drug-likeness (QED) is 0.753. The number of H-pyrrole nitrogens is 1. The molecule has 3 aromatic rings. The fraction of sp³-hybridized carbons (Fsp3) is 0.133. The lowest BCUT2D eigenvalue weighted by molar-refractivity contribution is -0.137. The molecule has 6 nitrogen and oxygen atoms in total. The largest absolute Gasteiger partial charge is 0.476 e. The average molecular weight is 337 g/mol. The maximum Gasteiger partial charge on any atom is 0.418 e. The molecule has 0 aliphatic heterocycles. The van der Waals surface area contributed by atoms with Crippen LogP contribution in [0.15, 0.2) is 35.1 Å². The van der Waals surface area contributed by atoms with E-state index in [1.807, 2.05) is 0 Å². The van der Waals surface area contributed by atoms with Crippen LogP contribution in [0.3, 0.4) is 0 Å². The van der Waals surface area contributed by atoms with E-state index in [1.165, 1.54) is 19.1 Å². The summed E-state index contributed by atoms with van der Waals surface area (Å²) < 4.78 is 40.5. The van der Waals surface area contributed by atoms with Crippen LogP contribution in [0.4, 0.5) is 13.2 Å². The van der Waals surface area contributed by atoms with Gasteiger partial charge in [-0.15, -0.1) is 0 Å². The van der Waals surface area contributed by atoms with E-state index in [-0.39, 0.29) is 16.7 Å². The number of hydrogen-bond donors (Lipinski definition) is 2. The molecular weight excluding hydrogens is 327 g/mol. The number of halogens is 3. The number of aromatic nitrogens is 3. The average Bonchev–Trinajstić information content (AvgIpc) is 2.86. The molecule has 0 aliphatic carbocycles. The second-order valence-electron chi connectivity index (χ2n) is 5.12. The Morgan fingerprint density at radius 1 is 1.29 bits per heavy atom. The molecule has 0 aliphatic rings. The molecule has 9 heteroatoms. The SMILES string of the molecule is Cc1cc(=O)[nH]c2c1c(C(=O)O)nn2-c1ccccc1C(F)(F)F. The summed E-state index contributed by atoms with van der Waals surface area (Å²) in [7, 11) is 0. The predicted octanol–water partition coefficient (Wildman–Crippen LogP) is 2.74. The van der Waals surface area contributed by atoms with Gasteiger partial charge in [-0.2, -0.15) is 18.3 Å². The van der Waals surface area contributed by atoms with Crippen molar-refractivity contribution in [1.29, 1.82) is 0 Å². The van der Waals surface area contributed by atoms with Crippen molar-refractivity contribution in [3.8, 4) is 5.69 Å². The molecule has 2 aromatic heterocycles. The number of carboxylic acid groups (broad SMARTS) is 1. The van der Waals surface area contributed by atoms with Crippen LogP contribution < -0.4 is 5.56 Å². The Hall–Kier alpha value is -3.10. The van der Waals surface area contributed by atoms with Gasteiger partial charge in [0, 0.05) is 6.07 Å². The Morgan fingerprint density at radius 3 is 2.58 bits per heavy atom. The minimum Gasteiger partial charge on any atom is -0.476 e. The zero-order valence-electron chi connectivity index (χ0n) is 12.2. The second-order valence-corrected chi connectivity index (χ2v) is 5.12. The molecule has 0 spiro atoms. The molecule has 124 valence electrons.